The highest BCUT2D eigenvalue weighted by molar-refractivity contribution is 5.97. The van der Waals surface area contributed by atoms with Crippen molar-refractivity contribution in [1.82, 2.24) is 9.55 Å². The summed E-state index contributed by atoms with van der Waals surface area (Å²) >= 11 is 0. The van der Waals surface area contributed by atoms with E-state index in [2.05, 4.69) is 17.6 Å². The molecular formula is C26H24FN3O. The van der Waals surface area contributed by atoms with E-state index >= 15 is 0 Å². The fourth-order valence-electron chi connectivity index (χ4n) is 4.57. The van der Waals surface area contributed by atoms with Crippen LogP contribution in [0.2, 0.25) is 0 Å². The molecule has 1 aliphatic heterocycles. The summed E-state index contributed by atoms with van der Waals surface area (Å²) in [6, 6.07) is 20.8. The number of aromatic nitrogens is 2. The summed E-state index contributed by atoms with van der Waals surface area (Å²) in [6.07, 6.45) is 0.431. The molecule has 2 heterocycles. The molecule has 1 saturated heterocycles. The Kier molecular flexibility index (Phi) is 4.81. The molecule has 4 aromatic rings. The van der Waals surface area contributed by atoms with Crippen molar-refractivity contribution in [3.63, 3.8) is 0 Å². The van der Waals surface area contributed by atoms with Gasteiger partial charge in [-0.1, -0.05) is 42.0 Å². The van der Waals surface area contributed by atoms with Crippen LogP contribution in [0.4, 0.5) is 10.1 Å². The van der Waals surface area contributed by atoms with Crippen LogP contribution in [-0.2, 0) is 11.3 Å². The van der Waals surface area contributed by atoms with Crippen molar-refractivity contribution < 1.29 is 9.18 Å². The van der Waals surface area contributed by atoms with Gasteiger partial charge in [0.2, 0.25) is 5.91 Å². The Balaban J connectivity index is 1.52. The molecule has 0 radical (unpaired) electrons. The minimum Gasteiger partial charge on any atom is -0.323 e. The molecule has 1 amide bonds. The summed E-state index contributed by atoms with van der Waals surface area (Å²) in [4.78, 5) is 19.8. The van der Waals surface area contributed by atoms with Crippen LogP contribution >= 0.6 is 0 Å². The quantitative estimate of drug-likeness (QED) is 0.452. The van der Waals surface area contributed by atoms with Gasteiger partial charge in [0.1, 0.15) is 11.6 Å². The average Bonchev–Trinajstić information content (AvgIpc) is 3.30. The van der Waals surface area contributed by atoms with Crippen molar-refractivity contribution in [3.8, 4) is 0 Å². The molecule has 5 heteroatoms. The second-order valence-corrected chi connectivity index (χ2v) is 8.37. The fourth-order valence-corrected chi connectivity index (χ4v) is 4.57. The Morgan fingerprint density at radius 2 is 1.81 bits per heavy atom. The summed E-state index contributed by atoms with van der Waals surface area (Å²) < 4.78 is 15.6. The summed E-state index contributed by atoms with van der Waals surface area (Å²) in [5.74, 6) is 0.787. The molecule has 1 fully saturated rings. The van der Waals surface area contributed by atoms with Crippen molar-refractivity contribution >= 4 is 22.6 Å². The van der Waals surface area contributed by atoms with E-state index in [1.165, 1.54) is 17.7 Å². The lowest BCUT2D eigenvalue weighted by Gasteiger charge is -2.20. The molecule has 0 bridgehead atoms. The minimum absolute atomic E-state index is 0.000974. The van der Waals surface area contributed by atoms with Gasteiger partial charge in [-0.3, -0.25) is 4.79 Å². The predicted octanol–water partition coefficient (Wildman–Crippen LogP) is 5.36. The first-order valence-electron chi connectivity index (χ1n) is 10.6. The van der Waals surface area contributed by atoms with Gasteiger partial charge >= 0.3 is 0 Å². The number of hydrogen-bond donors (Lipinski definition) is 0. The first-order valence-corrected chi connectivity index (χ1v) is 10.6. The van der Waals surface area contributed by atoms with E-state index in [4.69, 9.17) is 4.98 Å². The number of halogens is 1. The van der Waals surface area contributed by atoms with Crippen LogP contribution in [0.15, 0.2) is 66.7 Å². The molecule has 156 valence electrons. The first kappa shape index (κ1) is 19.5. The third-order valence-electron chi connectivity index (χ3n) is 6.07. The number of hydrogen-bond acceptors (Lipinski definition) is 2. The van der Waals surface area contributed by atoms with Crippen molar-refractivity contribution in [1.29, 1.82) is 0 Å². The molecule has 3 aromatic carbocycles. The number of nitrogens with zero attached hydrogens (tertiary/aromatic N) is 3. The highest BCUT2D eigenvalue weighted by Crippen LogP contribution is 2.35. The average molecular weight is 413 g/mol. The van der Waals surface area contributed by atoms with Crippen LogP contribution in [0, 0.1) is 19.7 Å². The zero-order valence-corrected chi connectivity index (χ0v) is 17.7. The summed E-state index contributed by atoms with van der Waals surface area (Å²) in [5, 5.41) is 0. The highest BCUT2D eigenvalue weighted by atomic mass is 19.1. The van der Waals surface area contributed by atoms with Gasteiger partial charge in [0.25, 0.3) is 0 Å². The first-order chi connectivity index (χ1) is 15.0. The number of anilines is 1. The smallest absolute Gasteiger partial charge is 0.227 e. The molecule has 1 atom stereocenters. The summed E-state index contributed by atoms with van der Waals surface area (Å²) in [7, 11) is 0. The second kappa shape index (κ2) is 7.65. The van der Waals surface area contributed by atoms with Crippen LogP contribution in [-0.4, -0.2) is 22.0 Å². The van der Waals surface area contributed by atoms with Gasteiger partial charge in [-0.05, 0) is 55.3 Å². The SMILES string of the molecule is Cc1ccc(N2C[C@@H](c3nc4ccccc4n3Cc3ccc(F)cc3)CC2=O)c(C)c1. The number of benzene rings is 3. The van der Waals surface area contributed by atoms with Crippen molar-refractivity contribution in [2.75, 3.05) is 11.4 Å². The third-order valence-corrected chi connectivity index (χ3v) is 6.07. The van der Waals surface area contributed by atoms with Gasteiger partial charge < -0.3 is 9.47 Å². The molecule has 1 aromatic heterocycles. The molecule has 0 N–H and O–H groups in total. The fraction of sp³-hybridized carbons (Fsp3) is 0.231. The lowest BCUT2D eigenvalue weighted by Crippen LogP contribution is -2.25. The Morgan fingerprint density at radius 3 is 2.58 bits per heavy atom. The number of fused-ring (bicyclic) bond motifs is 1. The van der Waals surface area contributed by atoms with Crippen molar-refractivity contribution in [3.05, 3.63) is 95.1 Å². The zero-order valence-electron chi connectivity index (χ0n) is 17.7. The van der Waals surface area contributed by atoms with E-state index < -0.39 is 0 Å². The molecule has 0 saturated carbocycles. The number of carbonyl (C=O) groups is 1. The monoisotopic (exact) mass is 413 g/mol. The lowest BCUT2D eigenvalue weighted by atomic mass is 10.1. The highest BCUT2D eigenvalue weighted by Gasteiger charge is 2.35. The normalized spacial score (nSPS) is 16.4. The third kappa shape index (κ3) is 3.61. The molecule has 4 nitrogen and oxygen atoms in total. The number of carbonyl (C=O) groups excluding carboxylic acids is 1. The van der Waals surface area contributed by atoms with E-state index in [1.807, 2.05) is 48.2 Å². The van der Waals surface area contributed by atoms with Crippen molar-refractivity contribution in [2.45, 2.75) is 32.7 Å². The van der Waals surface area contributed by atoms with Gasteiger partial charge in [0, 0.05) is 31.1 Å². The number of aryl methyl sites for hydroxylation is 2. The molecule has 0 aliphatic carbocycles. The second-order valence-electron chi connectivity index (χ2n) is 8.37. The van der Waals surface area contributed by atoms with Crippen LogP contribution in [0.5, 0.6) is 0 Å². The number of para-hydroxylation sites is 2. The number of rotatable bonds is 4. The Hall–Kier alpha value is -3.47. The molecular weight excluding hydrogens is 389 g/mol. The van der Waals surface area contributed by atoms with E-state index in [1.54, 1.807) is 12.1 Å². The van der Waals surface area contributed by atoms with E-state index in [0.29, 0.717) is 19.5 Å². The maximum Gasteiger partial charge on any atom is 0.227 e. The van der Waals surface area contributed by atoms with Gasteiger partial charge in [0.15, 0.2) is 0 Å². The van der Waals surface area contributed by atoms with Gasteiger partial charge in [-0.2, -0.15) is 0 Å². The molecule has 1 aliphatic rings. The minimum atomic E-state index is -0.245. The summed E-state index contributed by atoms with van der Waals surface area (Å²) in [6.45, 7) is 5.30. The summed E-state index contributed by atoms with van der Waals surface area (Å²) in [5.41, 5.74) is 6.20. The van der Waals surface area contributed by atoms with Crippen LogP contribution < -0.4 is 4.90 Å². The maximum atomic E-state index is 13.4. The molecule has 0 spiro atoms. The van der Waals surface area contributed by atoms with Gasteiger partial charge in [0.05, 0.1) is 11.0 Å². The zero-order chi connectivity index (χ0) is 21.5. The van der Waals surface area contributed by atoms with Gasteiger partial charge in [-0.15, -0.1) is 0 Å². The van der Waals surface area contributed by atoms with Crippen molar-refractivity contribution in [2.24, 2.45) is 0 Å². The molecule has 31 heavy (non-hydrogen) atoms. The topological polar surface area (TPSA) is 38.1 Å². The molecule has 0 unspecified atom stereocenters. The van der Waals surface area contributed by atoms with E-state index in [9.17, 15) is 9.18 Å². The number of amides is 1. The van der Waals surface area contributed by atoms with Crippen LogP contribution in [0.25, 0.3) is 11.0 Å². The Bertz CT molecular complexity index is 1280. The Labute approximate surface area is 181 Å². The van der Waals surface area contributed by atoms with Gasteiger partial charge in [-0.25, -0.2) is 9.37 Å². The standard InChI is InChI=1S/C26H24FN3O/c1-17-7-12-23(18(2)13-17)29-16-20(14-25(29)31)26-28-22-5-3-4-6-24(22)30(26)15-19-8-10-21(27)11-9-19/h3-13,20H,14-16H2,1-2H3/t20-/m0/s1. The number of imidazole rings is 1. The Morgan fingerprint density at radius 1 is 1.03 bits per heavy atom. The lowest BCUT2D eigenvalue weighted by molar-refractivity contribution is -0.117. The van der Waals surface area contributed by atoms with E-state index in [-0.39, 0.29) is 17.6 Å². The molecule has 5 rings (SSSR count). The predicted molar refractivity (Wildman–Crippen MR) is 121 cm³/mol. The van der Waals surface area contributed by atoms with Crippen LogP contribution in [0.1, 0.15) is 34.9 Å². The largest absolute Gasteiger partial charge is 0.323 e. The van der Waals surface area contributed by atoms with Crippen LogP contribution in [0.3, 0.4) is 0 Å². The van der Waals surface area contributed by atoms with E-state index in [0.717, 1.165) is 33.7 Å². The maximum absolute atomic E-state index is 13.4.